The predicted octanol–water partition coefficient (Wildman–Crippen LogP) is 4.17. The molecule has 0 amide bonds. The van der Waals surface area contributed by atoms with Gasteiger partial charge in [0.25, 0.3) is 0 Å². The molecule has 0 bridgehead atoms. The monoisotopic (exact) mass is 476 g/mol. The summed E-state index contributed by atoms with van der Waals surface area (Å²) in [5.74, 6) is 2.05. The molecule has 0 spiro atoms. The minimum Gasteiger partial charge on any atom is -0.497 e. The first-order chi connectivity index (χ1) is 16.5. The van der Waals surface area contributed by atoms with Gasteiger partial charge in [-0.05, 0) is 42.3 Å². The molecule has 0 N–H and O–H groups in total. The van der Waals surface area contributed by atoms with E-state index in [1.54, 1.807) is 28.4 Å². The van der Waals surface area contributed by atoms with Crippen LogP contribution in [-0.2, 0) is 37.0 Å². The summed E-state index contributed by atoms with van der Waals surface area (Å²) in [6, 6.07) is 13.3. The molecule has 0 aliphatic carbocycles. The van der Waals surface area contributed by atoms with Gasteiger partial charge in [0.15, 0.2) is 11.5 Å². The molecule has 34 heavy (non-hydrogen) atoms. The van der Waals surface area contributed by atoms with E-state index in [0.29, 0.717) is 31.1 Å². The quantitative estimate of drug-likeness (QED) is 0.249. The zero-order chi connectivity index (χ0) is 24.8. The Morgan fingerprint density at radius 2 is 1.47 bits per heavy atom. The highest BCUT2D eigenvalue weighted by molar-refractivity contribution is 5.50. The van der Waals surface area contributed by atoms with Gasteiger partial charge in [-0.15, -0.1) is 0 Å². The van der Waals surface area contributed by atoms with Crippen LogP contribution < -0.4 is 14.2 Å². The summed E-state index contributed by atoms with van der Waals surface area (Å²) >= 11 is 0. The first kappa shape index (κ1) is 27.6. The van der Waals surface area contributed by atoms with Crippen LogP contribution in [0.2, 0.25) is 0 Å². The van der Waals surface area contributed by atoms with Crippen LogP contribution in [0.3, 0.4) is 0 Å². The Labute approximate surface area is 202 Å². The summed E-state index contributed by atoms with van der Waals surface area (Å²) in [7, 11) is 6.38. The normalized spacial score (nSPS) is 13.7. The van der Waals surface area contributed by atoms with E-state index in [4.69, 9.17) is 33.2 Å². The first-order valence-corrected chi connectivity index (χ1v) is 11.2. The van der Waals surface area contributed by atoms with Gasteiger partial charge in [-0.2, -0.15) is 0 Å². The number of methoxy groups -OCH3 is 4. The maximum atomic E-state index is 11.4. The van der Waals surface area contributed by atoms with Crippen LogP contribution in [0.15, 0.2) is 42.5 Å². The molecule has 188 valence electrons. The summed E-state index contributed by atoms with van der Waals surface area (Å²) in [4.78, 5) is 11.4. The van der Waals surface area contributed by atoms with Crippen molar-refractivity contribution in [3.05, 3.63) is 53.6 Å². The fourth-order valence-electron chi connectivity index (χ4n) is 3.39. The largest absolute Gasteiger partial charge is 0.497 e. The number of carbonyl (C=O) groups is 1. The molecule has 0 aliphatic rings. The maximum Gasteiger partial charge on any atom is 0.161 e. The highest BCUT2D eigenvalue weighted by Gasteiger charge is 2.24. The molecule has 2 rings (SSSR count). The van der Waals surface area contributed by atoms with Gasteiger partial charge in [0, 0.05) is 20.0 Å². The third-order valence-electron chi connectivity index (χ3n) is 5.38. The van der Waals surface area contributed by atoms with Crippen molar-refractivity contribution in [2.75, 3.05) is 35.2 Å². The molecule has 0 fully saturated rings. The van der Waals surface area contributed by atoms with Crippen molar-refractivity contribution >= 4 is 6.29 Å². The standard InChI is InChI=1S/C26H36O8/c1-19(34-18-28-2)25(33-16-20-6-9-22(29-3)10-7-20)15-23(12-13-27)32-17-21-8-11-24(30-4)26(14-21)31-5/h6-11,13-14,19,23,25H,12,15-18H2,1-5H3/t19-,23+,25-/m1/s1. The number of hydrogen-bond donors (Lipinski definition) is 0. The molecule has 0 saturated heterocycles. The second-order valence-corrected chi connectivity index (χ2v) is 7.74. The molecule has 3 atom stereocenters. The number of aldehydes is 1. The number of hydrogen-bond acceptors (Lipinski definition) is 8. The molecule has 0 heterocycles. The van der Waals surface area contributed by atoms with Crippen LogP contribution in [0.4, 0.5) is 0 Å². The van der Waals surface area contributed by atoms with Crippen molar-refractivity contribution in [2.45, 2.75) is 51.3 Å². The summed E-state index contributed by atoms with van der Waals surface area (Å²) in [5, 5.41) is 0. The van der Waals surface area contributed by atoms with Crippen LogP contribution in [0.25, 0.3) is 0 Å². The fourth-order valence-corrected chi connectivity index (χ4v) is 3.39. The van der Waals surface area contributed by atoms with Gasteiger partial charge in [0.1, 0.15) is 18.8 Å². The molecule has 8 heteroatoms. The molecule has 8 nitrogen and oxygen atoms in total. The second-order valence-electron chi connectivity index (χ2n) is 7.74. The third kappa shape index (κ3) is 8.95. The average molecular weight is 477 g/mol. The van der Waals surface area contributed by atoms with Gasteiger partial charge in [0.2, 0.25) is 0 Å². The Bertz CT molecular complexity index is 839. The molecule has 2 aromatic rings. The number of carbonyl (C=O) groups excluding carboxylic acids is 1. The lowest BCUT2D eigenvalue weighted by Gasteiger charge is -2.28. The molecular weight excluding hydrogens is 440 g/mol. The topological polar surface area (TPSA) is 81.7 Å². The molecule has 0 saturated carbocycles. The lowest BCUT2D eigenvalue weighted by Crippen LogP contribution is -2.34. The van der Waals surface area contributed by atoms with E-state index in [0.717, 1.165) is 23.2 Å². The van der Waals surface area contributed by atoms with Crippen LogP contribution in [0.5, 0.6) is 17.2 Å². The van der Waals surface area contributed by atoms with E-state index in [-0.39, 0.29) is 31.5 Å². The minimum atomic E-state index is -0.347. The van der Waals surface area contributed by atoms with Crippen molar-refractivity contribution in [1.82, 2.24) is 0 Å². The minimum absolute atomic E-state index is 0.147. The van der Waals surface area contributed by atoms with Crippen LogP contribution in [-0.4, -0.2) is 59.8 Å². The van der Waals surface area contributed by atoms with Crippen molar-refractivity contribution < 1.29 is 38.0 Å². The Morgan fingerprint density at radius 1 is 0.794 bits per heavy atom. The predicted molar refractivity (Wildman–Crippen MR) is 127 cm³/mol. The molecule has 0 aliphatic heterocycles. The Morgan fingerprint density at radius 3 is 2.09 bits per heavy atom. The third-order valence-corrected chi connectivity index (χ3v) is 5.38. The van der Waals surface area contributed by atoms with E-state index in [1.807, 2.05) is 49.4 Å². The lowest BCUT2D eigenvalue weighted by atomic mass is 10.0. The highest BCUT2D eigenvalue weighted by Crippen LogP contribution is 2.28. The van der Waals surface area contributed by atoms with E-state index in [1.165, 1.54) is 0 Å². The molecule has 2 aromatic carbocycles. The molecule has 0 aromatic heterocycles. The van der Waals surface area contributed by atoms with E-state index in [9.17, 15) is 4.79 Å². The van der Waals surface area contributed by atoms with E-state index < -0.39 is 0 Å². The number of rotatable bonds is 17. The van der Waals surface area contributed by atoms with Crippen LogP contribution >= 0.6 is 0 Å². The van der Waals surface area contributed by atoms with E-state index >= 15 is 0 Å². The van der Waals surface area contributed by atoms with Gasteiger partial charge in [-0.1, -0.05) is 18.2 Å². The second kappa shape index (κ2) is 15.3. The van der Waals surface area contributed by atoms with Crippen molar-refractivity contribution in [1.29, 1.82) is 0 Å². The van der Waals surface area contributed by atoms with Crippen molar-refractivity contribution in [3.63, 3.8) is 0 Å². The zero-order valence-electron chi connectivity index (χ0n) is 20.7. The highest BCUT2D eigenvalue weighted by atomic mass is 16.7. The number of ether oxygens (including phenoxy) is 7. The molecular formula is C26H36O8. The van der Waals surface area contributed by atoms with Gasteiger partial charge in [-0.3, -0.25) is 0 Å². The SMILES string of the molecule is COCO[C@H](C)[C@@H](C[C@H](CC=O)OCc1ccc(OC)c(OC)c1)OCc1ccc(OC)cc1. The van der Waals surface area contributed by atoms with Crippen molar-refractivity contribution in [3.8, 4) is 17.2 Å². The summed E-state index contributed by atoms with van der Waals surface area (Å²) < 4.78 is 38.9. The smallest absolute Gasteiger partial charge is 0.161 e. The van der Waals surface area contributed by atoms with Gasteiger partial charge in [0.05, 0.1) is 52.9 Å². The van der Waals surface area contributed by atoms with Gasteiger partial charge < -0.3 is 38.0 Å². The summed E-state index contributed by atoms with van der Waals surface area (Å²) in [6.45, 7) is 2.77. The van der Waals surface area contributed by atoms with E-state index in [2.05, 4.69) is 0 Å². The Kier molecular flexibility index (Phi) is 12.4. The number of benzene rings is 2. The van der Waals surface area contributed by atoms with Gasteiger partial charge in [-0.25, -0.2) is 0 Å². The molecule has 0 radical (unpaired) electrons. The average Bonchev–Trinajstić information content (AvgIpc) is 2.88. The Balaban J connectivity index is 2.05. The van der Waals surface area contributed by atoms with Gasteiger partial charge >= 0.3 is 0 Å². The van der Waals surface area contributed by atoms with Crippen LogP contribution in [0.1, 0.15) is 30.9 Å². The summed E-state index contributed by atoms with van der Waals surface area (Å²) in [5.41, 5.74) is 1.91. The maximum absolute atomic E-state index is 11.4. The first-order valence-electron chi connectivity index (χ1n) is 11.2. The summed E-state index contributed by atoms with van der Waals surface area (Å²) in [6.07, 6.45) is 0.657. The van der Waals surface area contributed by atoms with Crippen LogP contribution in [0, 0.1) is 0 Å². The fraction of sp³-hybridized carbons (Fsp3) is 0.500. The molecule has 0 unspecified atom stereocenters. The zero-order valence-corrected chi connectivity index (χ0v) is 20.7. The Hall–Kier alpha value is -2.65. The van der Waals surface area contributed by atoms with Crippen molar-refractivity contribution in [2.24, 2.45) is 0 Å². The lowest BCUT2D eigenvalue weighted by molar-refractivity contribution is -0.139.